The molecular weight excluding hydrogens is 274 g/mol. The number of hydrogen-bond acceptors (Lipinski definition) is 3. The maximum absolute atomic E-state index is 12.3. The highest BCUT2D eigenvalue weighted by Gasteiger charge is 2.09. The van der Waals surface area contributed by atoms with Gasteiger partial charge in [-0.3, -0.25) is 9.78 Å². The van der Waals surface area contributed by atoms with E-state index in [0.717, 1.165) is 11.4 Å². The van der Waals surface area contributed by atoms with Gasteiger partial charge in [0, 0.05) is 23.6 Å². The molecule has 22 heavy (non-hydrogen) atoms. The normalized spacial score (nSPS) is 10.8. The molecule has 0 aliphatic rings. The average molecular weight is 297 g/mol. The van der Waals surface area contributed by atoms with Gasteiger partial charge in [-0.25, -0.2) is 0 Å². The van der Waals surface area contributed by atoms with Gasteiger partial charge in [0.2, 0.25) is 0 Å². The molecule has 1 aromatic heterocycles. The van der Waals surface area contributed by atoms with Gasteiger partial charge in [-0.2, -0.15) is 0 Å². The third-order valence-corrected chi connectivity index (χ3v) is 3.28. The van der Waals surface area contributed by atoms with E-state index in [9.17, 15) is 4.79 Å². The average Bonchev–Trinajstić information content (AvgIpc) is 2.47. The minimum Gasteiger partial charge on any atom is -0.383 e. The Bertz CT molecular complexity index is 633. The zero-order valence-corrected chi connectivity index (χ0v) is 13.6. The second kappa shape index (κ2) is 7.07. The van der Waals surface area contributed by atoms with Gasteiger partial charge in [0.1, 0.15) is 5.69 Å². The largest absolute Gasteiger partial charge is 0.383 e. The summed E-state index contributed by atoms with van der Waals surface area (Å²) in [7, 11) is 0. The van der Waals surface area contributed by atoms with E-state index in [1.807, 2.05) is 30.3 Å². The van der Waals surface area contributed by atoms with Gasteiger partial charge < -0.3 is 10.6 Å². The highest BCUT2D eigenvalue weighted by molar-refractivity contribution is 6.03. The van der Waals surface area contributed by atoms with E-state index in [1.165, 1.54) is 5.56 Å². The summed E-state index contributed by atoms with van der Waals surface area (Å²) >= 11 is 0. The van der Waals surface area contributed by atoms with Gasteiger partial charge in [0.05, 0.1) is 0 Å². The smallest absolute Gasteiger partial charge is 0.274 e. The first-order valence-corrected chi connectivity index (χ1v) is 7.59. The molecule has 0 saturated heterocycles. The fourth-order valence-corrected chi connectivity index (χ4v) is 2.12. The summed E-state index contributed by atoms with van der Waals surface area (Å²) in [5.41, 5.74) is 3.32. The molecule has 4 nitrogen and oxygen atoms in total. The standard InChI is InChI=1S/C18H23N3O/c1-12(2)14-5-7-15(8-6-14)21-18(22)17-11-16(9-10-19-17)20-13(3)4/h5-13H,1-4H3,(H,19,20)(H,21,22). The number of carbonyl (C=O) groups excluding carboxylic acids is 1. The van der Waals surface area contributed by atoms with Crippen LogP contribution in [0.2, 0.25) is 0 Å². The van der Waals surface area contributed by atoms with Crippen molar-refractivity contribution in [3.05, 3.63) is 53.9 Å². The van der Waals surface area contributed by atoms with Crippen molar-refractivity contribution in [1.29, 1.82) is 0 Å². The van der Waals surface area contributed by atoms with Crippen molar-refractivity contribution in [3.63, 3.8) is 0 Å². The number of pyridine rings is 1. The number of anilines is 2. The number of benzene rings is 1. The van der Waals surface area contributed by atoms with Crippen LogP contribution in [0, 0.1) is 0 Å². The second-order valence-electron chi connectivity index (χ2n) is 5.96. The number of nitrogens with zero attached hydrogens (tertiary/aromatic N) is 1. The Hall–Kier alpha value is -2.36. The lowest BCUT2D eigenvalue weighted by atomic mass is 10.0. The Kier molecular flexibility index (Phi) is 5.15. The molecule has 0 radical (unpaired) electrons. The molecular formula is C18H23N3O. The minimum atomic E-state index is -0.204. The molecule has 0 unspecified atom stereocenters. The Morgan fingerprint density at radius 3 is 2.27 bits per heavy atom. The lowest BCUT2D eigenvalue weighted by Gasteiger charge is -2.11. The maximum Gasteiger partial charge on any atom is 0.274 e. The monoisotopic (exact) mass is 297 g/mol. The van der Waals surface area contributed by atoms with Crippen LogP contribution < -0.4 is 10.6 Å². The minimum absolute atomic E-state index is 0.204. The number of nitrogens with one attached hydrogen (secondary N) is 2. The van der Waals surface area contributed by atoms with Gasteiger partial charge in [0.25, 0.3) is 5.91 Å². The van der Waals surface area contributed by atoms with Gasteiger partial charge >= 0.3 is 0 Å². The van der Waals surface area contributed by atoms with Crippen LogP contribution in [-0.2, 0) is 0 Å². The van der Waals surface area contributed by atoms with Crippen molar-refractivity contribution < 1.29 is 4.79 Å². The lowest BCUT2D eigenvalue weighted by molar-refractivity contribution is 0.102. The molecule has 2 aromatic rings. The van der Waals surface area contributed by atoms with Crippen LogP contribution in [0.15, 0.2) is 42.6 Å². The fourth-order valence-electron chi connectivity index (χ4n) is 2.12. The first kappa shape index (κ1) is 16.0. The van der Waals surface area contributed by atoms with Crippen molar-refractivity contribution in [1.82, 2.24) is 4.98 Å². The van der Waals surface area contributed by atoms with Gasteiger partial charge in [0.15, 0.2) is 0 Å². The Balaban J connectivity index is 2.08. The van der Waals surface area contributed by atoms with E-state index >= 15 is 0 Å². The topological polar surface area (TPSA) is 54.0 Å². The van der Waals surface area contributed by atoms with Crippen LogP contribution >= 0.6 is 0 Å². The van der Waals surface area contributed by atoms with Crippen LogP contribution in [-0.4, -0.2) is 16.9 Å². The molecule has 0 spiro atoms. The van der Waals surface area contributed by atoms with Crippen LogP contribution in [0.5, 0.6) is 0 Å². The van der Waals surface area contributed by atoms with E-state index in [0.29, 0.717) is 17.7 Å². The van der Waals surface area contributed by atoms with Crippen LogP contribution in [0.25, 0.3) is 0 Å². The van der Waals surface area contributed by atoms with E-state index in [2.05, 4.69) is 43.3 Å². The molecule has 4 heteroatoms. The molecule has 1 amide bonds. The SMILES string of the molecule is CC(C)Nc1ccnc(C(=O)Nc2ccc(C(C)C)cc2)c1. The van der Waals surface area contributed by atoms with Crippen molar-refractivity contribution in [2.24, 2.45) is 0 Å². The first-order valence-electron chi connectivity index (χ1n) is 7.59. The fraction of sp³-hybridized carbons (Fsp3) is 0.333. The molecule has 2 rings (SSSR count). The van der Waals surface area contributed by atoms with Crippen LogP contribution in [0.1, 0.15) is 49.7 Å². The molecule has 1 aromatic carbocycles. The van der Waals surface area contributed by atoms with Gasteiger partial charge in [-0.15, -0.1) is 0 Å². The van der Waals surface area contributed by atoms with Crippen LogP contribution in [0.4, 0.5) is 11.4 Å². The maximum atomic E-state index is 12.3. The summed E-state index contributed by atoms with van der Waals surface area (Å²) in [5, 5.41) is 6.14. The molecule has 0 atom stereocenters. The van der Waals surface area contributed by atoms with Crippen molar-refractivity contribution in [3.8, 4) is 0 Å². The molecule has 1 heterocycles. The van der Waals surface area contributed by atoms with Gasteiger partial charge in [-0.1, -0.05) is 26.0 Å². The molecule has 0 bridgehead atoms. The number of hydrogen-bond donors (Lipinski definition) is 2. The second-order valence-corrected chi connectivity index (χ2v) is 5.96. The summed E-state index contributed by atoms with van der Waals surface area (Å²) < 4.78 is 0. The zero-order chi connectivity index (χ0) is 16.1. The Labute approximate surface area is 132 Å². The zero-order valence-electron chi connectivity index (χ0n) is 13.6. The van der Waals surface area contributed by atoms with Crippen molar-refractivity contribution >= 4 is 17.3 Å². The summed E-state index contributed by atoms with van der Waals surface area (Å²) in [6.45, 7) is 8.39. The number of carbonyl (C=O) groups is 1. The van der Waals surface area contributed by atoms with Gasteiger partial charge in [-0.05, 0) is 49.6 Å². The van der Waals surface area contributed by atoms with E-state index in [-0.39, 0.29) is 5.91 Å². The Morgan fingerprint density at radius 1 is 1.00 bits per heavy atom. The number of amides is 1. The predicted molar refractivity (Wildman–Crippen MR) is 91.5 cm³/mol. The van der Waals surface area contributed by atoms with Crippen LogP contribution in [0.3, 0.4) is 0 Å². The summed E-state index contributed by atoms with van der Waals surface area (Å²) in [6, 6.07) is 11.8. The molecule has 2 N–H and O–H groups in total. The van der Waals surface area contributed by atoms with E-state index < -0.39 is 0 Å². The molecule has 0 aliphatic carbocycles. The third-order valence-electron chi connectivity index (χ3n) is 3.28. The van der Waals surface area contributed by atoms with E-state index in [1.54, 1.807) is 12.3 Å². The quantitative estimate of drug-likeness (QED) is 0.866. The van der Waals surface area contributed by atoms with Crippen molar-refractivity contribution in [2.75, 3.05) is 10.6 Å². The summed E-state index contributed by atoms with van der Waals surface area (Å²) in [6.07, 6.45) is 1.64. The molecule has 116 valence electrons. The predicted octanol–water partition coefficient (Wildman–Crippen LogP) is 4.28. The highest BCUT2D eigenvalue weighted by atomic mass is 16.1. The Morgan fingerprint density at radius 2 is 1.68 bits per heavy atom. The molecule has 0 aliphatic heterocycles. The lowest BCUT2D eigenvalue weighted by Crippen LogP contribution is -2.15. The van der Waals surface area contributed by atoms with Crippen molar-refractivity contribution in [2.45, 2.75) is 39.7 Å². The number of aromatic nitrogens is 1. The summed E-state index contributed by atoms with van der Waals surface area (Å²) in [4.78, 5) is 16.4. The first-order chi connectivity index (χ1) is 10.5. The third kappa shape index (κ3) is 4.32. The van der Waals surface area contributed by atoms with E-state index in [4.69, 9.17) is 0 Å². The number of rotatable bonds is 5. The highest BCUT2D eigenvalue weighted by Crippen LogP contribution is 2.18. The molecule has 0 fully saturated rings. The summed E-state index contributed by atoms with van der Waals surface area (Å²) in [5.74, 6) is 0.273. The molecule has 0 saturated carbocycles.